The van der Waals surface area contributed by atoms with Gasteiger partial charge in [0.25, 0.3) is 0 Å². The number of ether oxygens (including phenoxy) is 2. The van der Waals surface area contributed by atoms with Gasteiger partial charge in [0.05, 0.1) is 19.7 Å². The lowest BCUT2D eigenvalue weighted by atomic mass is 10.2. The molecule has 0 atom stereocenters. The lowest BCUT2D eigenvalue weighted by Crippen LogP contribution is -1.88. The minimum absolute atomic E-state index is 0.694. The van der Waals surface area contributed by atoms with Crippen LogP contribution in [0.5, 0.6) is 11.5 Å². The van der Waals surface area contributed by atoms with Crippen molar-refractivity contribution in [1.29, 1.82) is 0 Å². The Morgan fingerprint density at radius 3 is 2.52 bits per heavy atom. The second-order valence-electron chi connectivity index (χ2n) is 4.59. The van der Waals surface area contributed by atoms with Crippen molar-refractivity contribution in [2.45, 2.75) is 0 Å². The second kappa shape index (κ2) is 5.71. The highest BCUT2D eigenvalue weighted by atomic mass is 16.5. The molecule has 3 aromatic rings. The number of aromatic nitrogens is 2. The minimum atomic E-state index is 0.694. The van der Waals surface area contributed by atoms with Crippen LogP contribution in [0.2, 0.25) is 0 Å². The van der Waals surface area contributed by atoms with Crippen molar-refractivity contribution >= 4 is 23.2 Å². The van der Waals surface area contributed by atoms with Crippen LogP contribution in [0.4, 0.5) is 0 Å². The molecule has 0 unspecified atom stereocenters. The second-order valence-corrected chi connectivity index (χ2v) is 4.59. The molecule has 0 radical (unpaired) electrons. The number of hydrogen-bond acceptors (Lipinski definition) is 3. The lowest BCUT2D eigenvalue weighted by molar-refractivity contribution is 0.397. The van der Waals surface area contributed by atoms with Crippen LogP contribution in [0.25, 0.3) is 23.2 Å². The fraction of sp³-hybridized carbons (Fsp3) is 0.118. The molecule has 106 valence electrons. The SMILES string of the molecule is COc1cc(OC)c2nc(/C=C/c3ccccc3)[nH]c2c1. The third-order valence-electron chi connectivity index (χ3n) is 3.23. The minimum Gasteiger partial charge on any atom is -0.497 e. The Kier molecular flexibility index (Phi) is 3.60. The number of hydrogen-bond donors (Lipinski definition) is 1. The van der Waals surface area contributed by atoms with E-state index in [1.54, 1.807) is 14.2 Å². The third-order valence-corrected chi connectivity index (χ3v) is 3.23. The molecule has 1 aromatic heterocycles. The van der Waals surface area contributed by atoms with E-state index in [-0.39, 0.29) is 0 Å². The van der Waals surface area contributed by atoms with Crippen molar-refractivity contribution in [1.82, 2.24) is 9.97 Å². The summed E-state index contributed by atoms with van der Waals surface area (Å²) in [5, 5.41) is 0. The molecule has 21 heavy (non-hydrogen) atoms. The predicted molar refractivity (Wildman–Crippen MR) is 84.6 cm³/mol. The van der Waals surface area contributed by atoms with E-state index in [2.05, 4.69) is 9.97 Å². The monoisotopic (exact) mass is 280 g/mol. The quantitative estimate of drug-likeness (QED) is 0.791. The molecule has 0 aliphatic rings. The maximum absolute atomic E-state index is 5.36. The Morgan fingerprint density at radius 2 is 1.81 bits per heavy atom. The summed E-state index contributed by atoms with van der Waals surface area (Å²) in [4.78, 5) is 7.81. The van der Waals surface area contributed by atoms with Crippen molar-refractivity contribution in [3.63, 3.8) is 0 Å². The van der Waals surface area contributed by atoms with Gasteiger partial charge in [0.15, 0.2) is 0 Å². The summed E-state index contributed by atoms with van der Waals surface area (Å²) in [6, 6.07) is 13.8. The molecule has 1 heterocycles. The Balaban J connectivity index is 1.99. The summed E-state index contributed by atoms with van der Waals surface area (Å²) < 4.78 is 10.6. The normalized spacial score (nSPS) is 11.1. The van der Waals surface area contributed by atoms with Crippen LogP contribution < -0.4 is 9.47 Å². The van der Waals surface area contributed by atoms with Gasteiger partial charge in [0.1, 0.15) is 22.8 Å². The molecule has 2 aromatic carbocycles. The highest BCUT2D eigenvalue weighted by Gasteiger charge is 2.09. The zero-order valence-corrected chi connectivity index (χ0v) is 12.0. The first-order valence-electron chi connectivity index (χ1n) is 6.65. The van der Waals surface area contributed by atoms with Crippen LogP contribution in [0.15, 0.2) is 42.5 Å². The number of benzene rings is 2. The summed E-state index contributed by atoms with van der Waals surface area (Å²) in [7, 11) is 3.26. The summed E-state index contributed by atoms with van der Waals surface area (Å²) in [5.41, 5.74) is 2.81. The largest absolute Gasteiger partial charge is 0.497 e. The van der Waals surface area contributed by atoms with Gasteiger partial charge in [0.2, 0.25) is 0 Å². The Morgan fingerprint density at radius 1 is 1.00 bits per heavy atom. The van der Waals surface area contributed by atoms with Crippen molar-refractivity contribution in [2.24, 2.45) is 0 Å². The molecule has 0 amide bonds. The molecule has 0 fully saturated rings. The molecular weight excluding hydrogens is 264 g/mol. The number of H-pyrrole nitrogens is 1. The first-order valence-corrected chi connectivity index (χ1v) is 6.65. The lowest BCUT2D eigenvalue weighted by Gasteiger charge is -2.03. The first-order chi connectivity index (χ1) is 10.3. The summed E-state index contributed by atoms with van der Waals surface area (Å²) in [5.74, 6) is 2.21. The fourth-order valence-corrected chi connectivity index (χ4v) is 2.17. The summed E-state index contributed by atoms with van der Waals surface area (Å²) in [6.07, 6.45) is 3.96. The van der Waals surface area contributed by atoms with E-state index in [1.807, 2.05) is 54.6 Å². The van der Waals surface area contributed by atoms with E-state index in [9.17, 15) is 0 Å². The van der Waals surface area contributed by atoms with Gasteiger partial charge in [-0.15, -0.1) is 0 Å². The first kappa shape index (κ1) is 13.2. The average Bonchev–Trinajstić information content (AvgIpc) is 2.95. The van der Waals surface area contributed by atoms with E-state index in [4.69, 9.17) is 9.47 Å². The molecule has 0 aliphatic heterocycles. The predicted octanol–water partition coefficient (Wildman–Crippen LogP) is 3.75. The van der Waals surface area contributed by atoms with Gasteiger partial charge in [-0.2, -0.15) is 0 Å². The average molecular weight is 280 g/mol. The van der Waals surface area contributed by atoms with Gasteiger partial charge < -0.3 is 14.5 Å². The number of nitrogens with zero attached hydrogens (tertiary/aromatic N) is 1. The van der Waals surface area contributed by atoms with E-state index < -0.39 is 0 Å². The topological polar surface area (TPSA) is 47.1 Å². The molecular formula is C17H16N2O2. The molecule has 1 N–H and O–H groups in total. The number of aromatic amines is 1. The fourth-order valence-electron chi connectivity index (χ4n) is 2.17. The van der Waals surface area contributed by atoms with Crippen molar-refractivity contribution < 1.29 is 9.47 Å². The molecule has 0 spiro atoms. The molecule has 0 saturated carbocycles. The zero-order chi connectivity index (χ0) is 14.7. The van der Waals surface area contributed by atoms with Crippen LogP contribution in [0.3, 0.4) is 0 Å². The standard InChI is InChI=1S/C17H16N2O2/c1-20-13-10-14-17(15(11-13)21-2)19-16(18-14)9-8-12-6-4-3-5-7-12/h3-11H,1-2H3,(H,18,19)/b9-8+. The van der Waals surface area contributed by atoms with Gasteiger partial charge in [-0.3, -0.25) is 0 Å². The van der Waals surface area contributed by atoms with Gasteiger partial charge >= 0.3 is 0 Å². The number of fused-ring (bicyclic) bond motifs is 1. The number of nitrogens with one attached hydrogen (secondary N) is 1. The number of imidazole rings is 1. The Bertz CT molecular complexity index is 776. The maximum atomic E-state index is 5.36. The molecule has 4 heteroatoms. The highest BCUT2D eigenvalue weighted by molar-refractivity contribution is 5.85. The summed E-state index contributed by atoms with van der Waals surface area (Å²) >= 11 is 0. The summed E-state index contributed by atoms with van der Waals surface area (Å²) in [6.45, 7) is 0. The van der Waals surface area contributed by atoms with E-state index in [1.165, 1.54) is 0 Å². The van der Waals surface area contributed by atoms with E-state index >= 15 is 0 Å². The van der Waals surface area contributed by atoms with Gasteiger partial charge in [-0.25, -0.2) is 4.98 Å². The van der Waals surface area contributed by atoms with Crippen molar-refractivity contribution in [2.75, 3.05) is 14.2 Å². The van der Waals surface area contributed by atoms with Crippen molar-refractivity contribution in [3.8, 4) is 11.5 Å². The van der Waals surface area contributed by atoms with Crippen LogP contribution in [-0.2, 0) is 0 Å². The smallest absolute Gasteiger partial charge is 0.150 e. The van der Waals surface area contributed by atoms with Gasteiger partial charge in [0, 0.05) is 12.1 Å². The van der Waals surface area contributed by atoms with Crippen LogP contribution in [0, 0.1) is 0 Å². The molecule has 0 saturated heterocycles. The highest BCUT2D eigenvalue weighted by Crippen LogP contribution is 2.29. The van der Waals surface area contributed by atoms with Gasteiger partial charge in [-0.05, 0) is 11.6 Å². The number of methoxy groups -OCH3 is 2. The zero-order valence-electron chi connectivity index (χ0n) is 12.0. The molecule has 0 bridgehead atoms. The number of rotatable bonds is 4. The molecule has 0 aliphatic carbocycles. The van der Waals surface area contributed by atoms with Crippen LogP contribution in [-0.4, -0.2) is 24.2 Å². The molecule has 3 rings (SSSR count). The Labute approximate surface area is 123 Å². The molecule has 4 nitrogen and oxygen atoms in total. The van der Waals surface area contributed by atoms with Crippen LogP contribution >= 0.6 is 0 Å². The van der Waals surface area contributed by atoms with Crippen molar-refractivity contribution in [3.05, 3.63) is 53.9 Å². The van der Waals surface area contributed by atoms with Crippen LogP contribution in [0.1, 0.15) is 11.4 Å². The maximum Gasteiger partial charge on any atom is 0.150 e. The van der Waals surface area contributed by atoms with E-state index in [0.717, 1.165) is 28.2 Å². The van der Waals surface area contributed by atoms with Gasteiger partial charge in [-0.1, -0.05) is 36.4 Å². The Hall–Kier alpha value is -2.75. The third kappa shape index (κ3) is 2.74. The van der Waals surface area contributed by atoms with E-state index in [0.29, 0.717) is 5.75 Å².